The summed E-state index contributed by atoms with van der Waals surface area (Å²) in [7, 11) is 0. The lowest BCUT2D eigenvalue weighted by Crippen LogP contribution is -2.28. The number of thioether (sulfide) groups is 1. The summed E-state index contributed by atoms with van der Waals surface area (Å²) in [5, 5.41) is 6.96. The number of benzene rings is 1. The Morgan fingerprint density at radius 1 is 1.41 bits per heavy atom. The van der Waals surface area contributed by atoms with Gasteiger partial charge < -0.3 is 4.90 Å². The highest BCUT2D eigenvalue weighted by Crippen LogP contribution is 2.22. The van der Waals surface area contributed by atoms with E-state index in [1.807, 2.05) is 47.9 Å². The van der Waals surface area contributed by atoms with Gasteiger partial charge in [-0.15, -0.1) is 0 Å². The SMILES string of the molecule is CSC[C@H]1CCN(C(=O)c2ccc(-c3n[nH]c(C)n3)cc2)C1. The minimum atomic E-state index is 0.126. The van der Waals surface area contributed by atoms with Crippen LogP contribution in [0.15, 0.2) is 24.3 Å². The van der Waals surface area contributed by atoms with Gasteiger partial charge in [0.2, 0.25) is 0 Å². The average Bonchev–Trinajstić information content (AvgIpc) is 3.16. The molecule has 1 N–H and O–H groups in total. The molecule has 0 unspecified atom stereocenters. The third-order valence-corrected chi connectivity index (χ3v) is 4.77. The number of aromatic nitrogens is 3. The van der Waals surface area contributed by atoms with Crippen molar-refractivity contribution in [2.75, 3.05) is 25.1 Å². The molecule has 1 amide bonds. The van der Waals surface area contributed by atoms with Gasteiger partial charge in [-0.25, -0.2) is 4.98 Å². The van der Waals surface area contributed by atoms with Crippen molar-refractivity contribution >= 4 is 17.7 Å². The van der Waals surface area contributed by atoms with Gasteiger partial charge in [0.1, 0.15) is 5.82 Å². The molecular weight excluding hydrogens is 296 g/mol. The van der Waals surface area contributed by atoms with Gasteiger partial charge in [-0.3, -0.25) is 9.89 Å². The van der Waals surface area contributed by atoms with Crippen molar-refractivity contribution in [1.29, 1.82) is 0 Å². The third kappa shape index (κ3) is 3.16. The van der Waals surface area contributed by atoms with Gasteiger partial charge in [0.15, 0.2) is 5.82 Å². The van der Waals surface area contributed by atoms with Crippen molar-refractivity contribution in [2.24, 2.45) is 5.92 Å². The topological polar surface area (TPSA) is 61.9 Å². The summed E-state index contributed by atoms with van der Waals surface area (Å²) in [6.45, 7) is 3.61. The molecule has 22 heavy (non-hydrogen) atoms. The van der Waals surface area contributed by atoms with Crippen molar-refractivity contribution in [1.82, 2.24) is 20.1 Å². The van der Waals surface area contributed by atoms with Crippen molar-refractivity contribution in [3.63, 3.8) is 0 Å². The number of rotatable bonds is 4. The zero-order valence-electron chi connectivity index (χ0n) is 12.9. The van der Waals surface area contributed by atoms with Gasteiger partial charge >= 0.3 is 0 Å². The molecule has 1 atom stereocenters. The van der Waals surface area contributed by atoms with Gasteiger partial charge in [-0.1, -0.05) is 12.1 Å². The molecular formula is C16H20N4OS. The predicted octanol–water partition coefficient (Wildman–Crippen LogP) is 2.61. The molecule has 1 saturated heterocycles. The number of likely N-dealkylation sites (tertiary alicyclic amines) is 1. The molecule has 0 spiro atoms. The highest BCUT2D eigenvalue weighted by molar-refractivity contribution is 7.98. The Bertz CT molecular complexity index is 652. The first kappa shape index (κ1) is 15.1. The Morgan fingerprint density at radius 2 is 2.18 bits per heavy atom. The van der Waals surface area contributed by atoms with E-state index >= 15 is 0 Å². The fourth-order valence-corrected chi connectivity index (χ4v) is 3.55. The number of carbonyl (C=O) groups excluding carboxylic acids is 1. The summed E-state index contributed by atoms with van der Waals surface area (Å²) >= 11 is 1.86. The first-order valence-corrected chi connectivity index (χ1v) is 8.84. The molecule has 1 aliphatic rings. The predicted molar refractivity (Wildman–Crippen MR) is 88.9 cm³/mol. The van der Waals surface area contributed by atoms with Crippen LogP contribution in [0.1, 0.15) is 22.6 Å². The number of hydrogen-bond donors (Lipinski definition) is 1. The summed E-state index contributed by atoms with van der Waals surface area (Å²) in [4.78, 5) is 18.8. The number of carbonyl (C=O) groups is 1. The van der Waals surface area contributed by atoms with Crippen molar-refractivity contribution in [3.8, 4) is 11.4 Å². The van der Waals surface area contributed by atoms with Crippen LogP contribution in [0.2, 0.25) is 0 Å². The van der Waals surface area contributed by atoms with Crippen LogP contribution in [0.25, 0.3) is 11.4 Å². The van der Waals surface area contributed by atoms with Crippen LogP contribution < -0.4 is 0 Å². The average molecular weight is 316 g/mol. The number of H-pyrrole nitrogens is 1. The first-order valence-electron chi connectivity index (χ1n) is 7.45. The Labute approximate surface area is 134 Å². The maximum absolute atomic E-state index is 12.5. The van der Waals surface area contributed by atoms with E-state index < -0.39 is 0 Å². The van der Waals surface area contributed by atoms with Gasteiger partial charge in [-0.2, -0.15) is 16.9 Å². The van der Waals surface area contributed by atoms with E-state index in [0.717, 1.165) is 42.2 Å². The normalized spacial score (nSPS) is 17.9. The Kier molecular flexibility index (Phi) is 4.47. The van der Waals surface area contributed by atoms with Gasteiger partial charge in [-0.05, 0) is 43.4 Å². The molecule has 0 radical (unpaired) electrons. The summed E-state index contributed by atoms with van der Waals surface area (Å²) in [5.41, 5.74) is 1.66. The van der Waals surface area contributed by atoms with E-state index in [4.69, 9.17) is 0 Å². The number of nitrogens with zero attached hydrogens (tertiary/aromatic N) is 3. The van der Waals surface area contributed by atoms with Crippen LogP contribution in [0.5, 0.6) is 0 Å². The van der Waals surface area contributed by atoms with E-state index in [2.05, 4.69) is 21.4 Å². The van der Waals surface area contributed by atoms with E-state index in [-0.39, 0.29) is 5.91 Å². The minimum absolute atomic E-state index is 0.126. The van der Waals surface area contributed by atoms with Crippen LogP contribution in [0.3, 0.4) is 0 Å². The monoisotopic (exact) mass is 316 g/mol. The maximum Gasteiger partial charge on any atom is 0.253 e. The van der Waals surface area contributed by atoms with Crippen LogP contribution in [-0.4, -0.2) is 51.1 Å². The summed E-state index contributed by atoms with van der Waals surface area (Å²) in [5.74, 6) is 3.34. The number of amides is 1. The molecule has 6 heteroatoms. The zero-order valence-corrected chi connectivity index (χ0v) is 13.7. The van der Waals surface area contributed by atoms with Gasteiger partial charge in [0, 0.05) is 24.2 Å². The van der Waals surface area contributed by atoms with Crippen molar-refractivity contribution < 1.29 is 4.79 Å². The Hall–Kier alpha value is -1.82. The molecule has 0 saturated carbocycles. The first-order chi connectivity index (χ1) is 10.7. The van der Waals surface area contributed by atoms with Crippen molar-refractivity contribution in [3.05, 3.63) is 35.7 Å². The molecule has 1 aromatic carbocycles. The smallest absolute Gasteiger partial charge is 0.253 e. The van der Waals surface area contributed by atoms with Crippen LogP contribution >= 0.6 is 11.8 Å². The molecule has 116 valence electrons. The largest absolute Gasteiger partial charge is 0.338 e. The van der Waals surface area contributed by atoms with Crippen molar-refractivity contribution in [2.45, 2.75) is 13.3 Å². The molecule has 1 aromatic heterocycles. The zero-order chi connectivity index (χ0) is 15.5. The molecule has 1 fully saturated rings. The quantitative estimate of drug-likeness (QED) is 0.942. The number of nitrogens with one attached hydrogen (secondary N) is 1. The van der Waals surface area contributed by atoms with Gasteiger partial charge in [0.25, 0.3) is 5.91 Å². The van der Waals surface area contributed by atoms with Crippen LogP contribution in [0.4, 0.5) is 0 Å². The highest BCUT2D eigenvalue weighted by atomic mass is 32.2. The Morgan fingerprint density at radius 3 is 2.82 bits per heavy atom. The summed E-state index contributed by atoms with van der Waals surface area (Å²) in [6, 6.07) is 7.55. The molecule has 0 aliphatic carbocycles. The number of hydrogen-bond acceptors (Lipinski definition) is 4. The lowest BCUT2D eigenvalue weighted by molar-refractivity contribution is 0.0788. The third-order valence-electron chi connectivity index (χ3n) is 3.96. The van der Waals surface area contributed by atoms with E-state index in [9.17, 15) is 4.79 Å². The standard InChI is InChI=1S/C16H20N4OS/c1-11-17-15(19-18-11)13-3-5-14(6-4-13)16(21)20-8-7-12(9-20)10-22-2/h3-6,12H,7-10H2,1-2H3,(H,17,18,19)/t12-/m0/s1. The van der Waals surface area contributed by atoms with E-state index in [1.54, 1.807) is 0 Å². The maximum atomic E-state index is 12.5. The van der Waals surface area contributed by atoms with Crippen LogP contribution in [0, 0.1) is 12.8 Å². The van der Waals surface area contributed by atoms with E-state index in [1.165, 1.54) is 0 Å². The molecule has 1 aliphatic heterocycles. The second kappa shape index (κ2) is 6.52. The van der Waals surface area contributed by atoms with Gasteiger partial charge in [0.05, 0.1) is 0 Å². The summed E-state index contributed by atoms with van der Waals surface area (Å²) < 4.78 is 0. The Balaban J connectivity index is 1.69. The molecule has 2 heterocycles. The molecule has 0 bridgehead atoms. The fraction of sp³-hybridized carbons (Fsp3) is 0.438. The highest BCUT2D eigenvalue weighted by Gasteiger charge is 2.26. The molecule has 2 aromatic rings. The fourth-order valence-electron chi connectivity index (χ4n) is 2.81. The van der Waals surface area contributed by atoms with E-state index in [0.29, 0.717) is 11.7 Å². The number of aromatic amines is 1. The number of aryl methyl sites for hydroxylation is 1. The second-order valence-electron chi connectivity index (χ2n) is 5.68. The van der Waals surface area contributed by atoms with Crippen LogP contribution in [-0.2, 0) is 0 Å². The minimum Gasteiger partial charge on any atom is -0.338 e. The summed E-state index contributed by atoms with van der Waals surface area (Å²) in [6.07, 6.45) is 3.23. The lowest BCUT2D eigenvalue weighted by atomic mass is 10.1. The molecule has 5 nitrogen and oxygen atoms in total. The lowest BCUT2D eigenvalue weighted by Gasteiger charge is -2.16. The molecule has 3 rings (SSSR count). The second-order valence-corrected chi connectivity index (χ2v) is 6.59.